The molecular formula is C18H27N5O6. The highest BCUT2D eigenvalue weighted by Crippen LogP contribution is 2.07. The van der Waals surface area contributed by atoms with Gasteiger partial charge in [0.05, 0.1) is 12.6 Å². The molecule has 0 spiro atoms. The molecule has 1 heterocycles. The third kappa shape index (κ3) is 10.0. The second-order valence-electron chi connectivity index (χ2n) is 6.49. The smallest absolute Gasteiger partial charge is 0.312 e. The summed E-state index contributed by atoms with van der Waals surface area (Å²) in [5.41, 5.74) is 4.92. The Hall–Kier alpha value is -3.24. The van der Waals surface area contributed by atoms with E-state index in [4.69, 9.17) is 5.73 Å². The number of rotatable bonds is 14. The number of hydrogen-bond acceptors (Lipinski definition) is 6. The number of carbonyl (C=O) groups excluding carboxylic acids is 6. The molecule has 0 saturated carbocycles. The van der Waals surface area contributed by atoms with E-state index in [0.29, 0.717) is 51.5 Å². The van der Waals surface area contributed by atoms with Gasteiger partial charge >= 0.3 is 6.03 Å². The first-order valence-electron chi connectivity index (χ1n) is 9.41. The summed E-state index contributed by atoms with van der Waals surface area (Å²) in [5.74, 6) is -1.44. The molecule has 1 aliphatic rings. The fourth-order valence-corrected chi connectivity index (χ4v) is 2.62. The fourth-order valence-electron chi connectivity index (χ4n) is 2.62. The number of urea groups is 1. The number of amides is 6. The van der Waals surface area contributed by atoms with Gasteiger partial charge < -0.3 is 26.5 Å². The van der Waals surface area contributed by atoms with Crippen LogP contribution in [0.3, 0.4) is 0 Å². The van der Waals surface area contributed by atoms with Crippen molar-refractivity contribution in [3.05, 3.63) is 12.2 Å². The van der Waals surface area contributed by atoms with Crippen LogP contribution < -0.4 is 21.7 Å². The first kappa shape index (κ1) is 23.8. The van der Waals surface area contributed by atoms with E-state index < -0.39 is 18.0 Å². The quantitative estimate of drug-likeness (QED) is 0.158. The van der Waals surface area contributed by atoms with Crippen LogP contribution in [0, 0.1) is 0 Å². The third-order valence-corrected chi connectivity index (χ3v) is 4.13. The maximum absolute atomic E-state index is 11.8. The summed E-state index contributed by atoms with van der Waals surface area (Å²) in [7, 11) is 0. The largest absolute Gasteiger partial charge is 0.352 e. The standard InChI is InChI=1S/C18H27N5O6/c19-18(29)20-9-4-5-13(12-24)22-15(26)11-21-14(25)6-2-1-3-10-23-16(27)7-8-17(23)28/h7-8,12-13H,1-6,9-11H2,(H,21,25)(H,22,26)(H3,19,20,29). The number of hydrogen-bond donors (Lipinski definition) is 4. The Morgan fingerprint density at radius 1 is 1.00 bits per heavy atom. The Morgan fingerprint density at radius 3 is 2.31 bits per heavy atom. The number of imide groups is 1. The van der Waals surface area contributed by atoms with Gasteiger partial charge in [0, 0.05) is 31.7 Å². The van der Waals surface area contributed by atoms with Crippen molar-refractivity contribution in [2.45, 2.75) is 44.6 Å². The van der Waals surface area contributed by atoms with E-state index in [1.54, 1.807) is 0 Å². The Morgan fingerprint density at radius 2 is 1.69 bits per heavy atom. The van der Waals surface area contributed by atoms with Crippen molar-refractivity contribution >= 4 is 35.9 Å². The Bertz CT molecular complexity index is 645. The number of aldehydes is 1. The summed E-state index contributed by atoms with van der Waals surface area (Å²) in [4.78, 5) is 69.0. The average molecular weight is 409 g/mol. The van der Waals surface area contributed by atoms with Crippen molar-refractivity contribution in [3.63, 3.8) is 0 Å². The van der Waals surface area contributed by atoms with Gasteiger partial charge in [0.1, 0.15) is 6.29 Å². The molecule has 0 aromatic heterocycles. The highest BCUT2D eigenvalue weighted by atomic mass is 16.2. The van der Waals surface area contributed by atoms with Crippen molar-refractivity contribution in [1.82, 2.24) is 20.9 Å². The molecule has 0 aliphatic carbocycles. The van der Waals surface area contributed by atoms with E-state index in [9.17, 15) is 28.8 Å². The highest BCUT2D eigenvalue weighted by molar-refractivity contribution is 6.12. The maximum atomic E-state index is 11.8. The van der Waals surface area contributed by atoms with Crippen LogP contribution in [0.1, 0.15) is 38.5 Å². The molecule has 0 bridgehead atoms. The summed E-state index contributed by atoms with van der Waals surface area (Å²) >= 11 is 0. The van der Waals surface area contributed by atoms with Crippen molar-refractivity contribution in [2.75, 3.05) is 19.6 Å². The van der Waals surface area contributed by atoms with Crippen LogP contribution in [-0.2, 0) is 24.0 Å². The molecule has 1 rings (SSSR count). The zero-order chi connectivity index (χ0) is 21.6. The lowest BCUT2D eigenvalue weighted by atomic mass is 10.1. The highest BCUT2D eigenvalue weighted by Gasteiger charge is 2.22. The van der Waals surface area contributed by atoms with Crippen molar-refractivity contribution in [3.8, 4) is 0 Å². The Kier molecular flexibility index (Phi) is 10.7. The van der Waals surface area contributed by atoms with E-state index in [2.05, 4.69) is 16.0 Å². The molecule has 0 aromatic rings. The van der Waals surface area contributed by atoms with Crippen molar-refractivity contribution in [2.24, 2.45) is 5.73 Å². The number of nitrogens with zero attached hydrogens (tertiary/aromatic N) is 1. The molecule has 1 atom stereocenters. The lowest BCUT2D eigenvalue weighted by Gasteiger charge is -2.14. The van der Waals surface area contributed by atoms with Crippen LogP contribution in [0.5, 0.6) is 0 Å². The summed E-state index contributed by atoms with van der Waals surface area (Å²) in [6.07, 6.45) is 5.87. The minimum Gasteiger partial charge on any atom is -0.352 e. The van der Waals surface area contributed by atoms with Crippen molar-refractivity contribution in [1.29, 1.82) is 0 Å². The lowest BCUT2D eigenvalue weighted by molar-refractivity contribution is -0.137. The summed E-state index contributed by atoms with van der Waals surface area (Å²) < 4.78 is 0. The summed E-state index contributed by atoms with van der Waals surface area (Å²) in [6.45, 7) is 0.366. The molecule has 0 fully saturated rings. The predicted molar refractivity (Wildman–Crippen MR) is 102 cm³/mol. The molecule has 6 amide bonds. The van der Waals surface area contributed by atoms with Crippen LogP contribution in [0.4, 0.5) is 4.79 Å². The van der Waals surface area contributed by atoms with Gasteiger partial charge in [-0.3, -0.25) is 24.1 Å². The molecule has 5 N–H and O–H groups in total. The van der Waals surface area contributed by atoms with Gasteiger partial charge in [-0.05, 0) is 25.7 Å². The Labute approximate surface area is 168 Å². The van der Waals surface area contributed by atoms with Gasteiger partial charge in [0.15, 0.2) is 0 Å². The van der Waals surface area contributed by atoms with Crippen LogP contribution in [-0.4, -0.2) is 66.5 Å². The van der Waals surface area contributed by atoms with Crippen LogP contribution in [0.25, 0.3) is 0 Å². The number of nitrogens with one attached hydrogen (secondary N) is 3. The van der Waals surface area contributed by atoms with Gasteiger partial charge in [0.2, 0.25) is 11.8 Å². The van der Waals surface area contributed by atoms with Gasteiger partial charge in [0.25, 0.3) is 11.8 Å². The van der Waals surface area contributed by atoms with Crippen LogP contribution in [0.2, 0.25) is 0 Å². The number of unbranched alkanes of at least 4 members (excludes halogenated alkanes) is 2. The lowest BCUT2D eigenvalue weighted by Crippen LogP contribution is -2.43. The summed E-state index contributed by atoms with van der Waals surface area (Å²) in [5, 5.41) is 7.34. The summed E-state index contributed by atoms with van der Waals surface area (Å²) in [6, 6.07) is -1.37. The fraction of sp³-hybridized carbons (Fsp3) is 0.556. The first-order valence-corrected chi connectivity index (χ1v) is 9.41. The van der Waals surface area contributed by atoms with Gasteiger partial charge in [-0.25, -0.2) is 4.79 Å². The maximum Gasteiger partial charge on any atom is 0.312 e. The van der Waals surface area contributed by atoms with E-state index in [1.807, 2.05) is 0 Å². The first-order chi connectivity index (χ1) is 13.8. The molecule has 0 aromatic carbocycles. The molecule has 11 heteroatoms. The monoisotopic (exact) mass is 409 g/mol. The third-order valence-electron chi connectivity index (χ3n) is 4.13. The second-order valence-corrected chi connectivity index (χ2v) is 6.49. The molecule has 160 valence electrons. The minimum atomic E-state index is -0.709. The molecule has 0 radical (unpaired) electrons. The molecule has 1 unspecified atom stereocenters. The van der Waals surface area contributed by atoms with E-state index in [-0.39, 0.29) is 30.7 Å². The second kappa shape index (κ2) is 13.0. The molecule has 1 aliphatic heterocycles. The number of nitrogens with two attached hydrogens (primary N) is 1. The topological polar surface area (TPSA) is 168 Å². The van der Waals surface area contributed by atoms with E-state index >= 15 is 0 Å². The Balaban J connectivity index is 2.09. The van der Waals surface area contributed by atoms with Gasteiger partial charge in [-0.2, -0.15) is 0 Å². The predicted octanol–water partition coefficient (Wildman–Crippen LogP) is -1.28. The van der Waals surface area contributed by atoms with E-state index in [1.165, 1.54) is 12.2 Å². The van der Waals surface area contributed by atoms with E-state index in [0.717, 1.165) is 4.90 Å². The van der Waals surface area contributed by atoms with Crippen LogP contribution in [0.15, 0.2) is 12.2 Å². The zero-order valence-corrected chi connectivity index (χ0v) is 16.1. The van der Waals surface area contributed by atoms with Gasteiger partial charge in [-0.1, -0.05) is 6.42 Å². The van der Waals surface area contributed by atoms with Gasteiger partial charge in [-0.15, -0.1) is 0 Å². The molecular weight excluding hydrogens is 382 g/mol. The number of primary amides is 1. The molecule has 29 heavy (non-hydrogen) atoms. The van der Waals surface area contributed by atoms with Crippen LogP contribution >= 0.6 is 0 Å². The molecule has 11 nitrogen and oxygen atoms in total. The van der Waals surface area contributed by atoms with Crippen molar-refractivity contribution < 1.29 is 28.8 Å². The number of carbonyl (C=O) groups is 6. The zero-order valence-electron chi connectivity index (χ0n) is 16.1. The minimum absolute atomic E-state index is 0.212. The normalized spacial score (nSPS) is 13.9. The SMILES string of the molecule is NC(=O)NCCCC(C=O)NC(=O)CNC(=O)CCCCCN1C(=O)C=CC1=O. The average Bonchev–Trinajstić information content (AvgIpc) is 3.00. The molecule has 0 saturated heterocycles.